The molecule has 0 radical (unpaired) electrons. The molecule has 102 valence electrons. The van der Waals surface area contributed by atoms with Crippen molar-refractivity contribution in [2.45, 2.75) is 20.4 Å². The van der Waals surface area contributed by atoms with Gasteiger partial charge in [0.05, 0.1) is 10.6 Å². The maximum absolute atomic E-state index is 4.37. The van der Waals surface area contributed by atoms with Gasteiger partial charge in [-0.3, -0.25) is 5.10 Å². The molecule has 0 saturated carbocycles. The molecule has 2 aromatic heterocycles. The van der Waals surface area contributed by atoms with Gasteiger partial charge < -0.3 is 5.32 Å². The van der Waals surface area contributed by atoms with Gasteiger partial charge in [0, 0.05) is 12.1 Å². The topological polar surface area (TPSA) is 40.7 Å². The van der Waals surface area contributed by atoms with E-state index in [-0.39, 0.29) is 0 Å². The molecule has 0 atom stereocenters. The Morgan fingerprint density at radius 1 is 1.15 bits per heavy atom. The predicted octanol–water partition coefficient (Wildman–Crippen LogP) is 4.37. The second-order valence-corrected chi connectivity index (χ2v) is 5.84. The average Bonchev–Trinajstić information content (AvgIpc) is 3.08. The molecular formula is C16H17N3S. The summed E-state index contributed by atoms with van der Waals surface area (Å²) < 4.78 is 0. The minimum absolute atomic E-state index is 0.788. The Morgan fingerprint density at radius 3 is 2.65 bits per heavy atom. The maximum atomic E-state index is 4.37. The predicted molar refractivity (Wildman–Crippen MR) is 85.1 cm³/mol. The molecule has 20 heavy (non-hydrogen) atoms. The Balaban J connectivity index is 1.74. The molecule has 0 amide bonds. The van der Waals surface area contributed by atoms with Crippen LogP contribution in [0.3, 0.4) is 0 Å². The van der Waals surface area contributed by atoms with Gasteiger partial charge in [0.25, 0.3) is 0 Å². The molecule has 2 heterocycles. The van der Waals surface area contributed by atoms with Gasteiger partial charge in [-0.2, -0.15) is 5.10 Å². The number of aromatic nitrogens is 2. The second kappa shape index (κ2) is 5.51. The standard InChI is InChI=1S/C16H17N3S/c1-11-5-7-13(8-6-11)10-17-16-12(2)15(18-19-16)14-4-3-9-20-14/h3-9H,10H2,1-2H3,(H2,17,18,19). The monoisotopic (exact) mass is 283 g/mol. The third-order valence-corrected chi connectivity index (χ3v) is 4.25. The molecule has 0 spiro atoms. The van der Waals surface area contributed by atoms with Crippen LogP contribution in [-0.2, 0) is 6.54 Å². The first-order chi connectivity index (χ1) is 9.74. The van der Waals surface area contributed by atoms with Crippen LogP contribution in [0.25, 0.3) is 10.6 Å². The zero-order chi connectivity index (χ0) is 13.9. The molecule has 0 fully saturated rings. The Hall–Kier alpha value is -2.07. The number of aryl methyl sites for hydroxylation is 1. The van der Waals surface area contributed by atoms with E-state index < -0.39 is 0 Å². The van der Waals surface area contributed by atoms with Gasteiger partial charge in [-0.15, -0.1) is 11.3 Å². The van der Waals surface area contributed by atoms with Crippen LogP contribution < -0.4 is 5.32 Å². The van der Waals surface area contributed by atoms with Gasteiger partial charge in [-0.05, 0) is 30.9 Å². The van der Waals surface area contributed by atoms with Crippen LogP contribution in [-0.4, -0.2) is 10.2 Å². The van der Waals surface area contributed by atoms with Crippen molar-refractivity contribution >= 4 is 17.2 Å². The highest BCUT2D eigenvalue weighted by Gasteiger charge is 2.10. The first kappa shape index (κ1) is 12.9. The van der Waals surface area contributed by atoms with E-state index in [9.17, 15) is 0 Å². The minimum Gasteiger partial charge on any atom is -0.364 e. The first-order valence-corrected chi connectivity index (χ1v) is 7.50. The fraction of sp³-hybridized carbons (Fsp3) is 0.188. The lowest BCUT2D eigenvalue weighted by Crippen LogP contribution is -2.00. The Kier molecular flexibility index (Phi) is 3.56. The molecule has 0 unspecified atom stereocenters. The van der Waals surface area contributed by atoms with Gasteiger partial charge in [-0.25, -0.2) is 0 Å². The summed E-state index contributed by atoms with van der Waals surface area (Å²) in [7, 11) is 0. The van der Waals surface area contributed by atoms with Gasteiger partial charge in [0.15, 0.2) is 5.82 Å². The number of thiophene rings is 1. The number of nitrogens with zero attached hydrogens (tertiary/aromatic N) is 1. The van der Waals surface area contributed by atoms with Crippen LogP contribution in [0.1, 0.15) is 16.7 Å². The number of hydrogen-bond donors (Lipinski definition) is 2. The molecule has 0 aliphatic carbocycles. The second-order valence-electron chi connectivity index (χ2n) is 4.89. The van der Waals surface area contributed by atoms with Crippen LogP contribution >= 0.6 is 11.3 Å². The summed E-state index contributed by atoms with van der Waals surface area (Å²) in [6.07, 6.45) is 0. The van der Waals surface area contributed by atoms with E-state index in [0.29, 0.717) is 0 Å². The number of rotatable bonds is 4. The molecule has 1 aromatic carbocycles. The lowest BCUT2D eigenvalue weighted by Gasteiger charge is -2.05. The van der Waals surface area contributed by atoms with Crippen molar-refractivity contribution in [3.63, 3.8) is 0 Å². The number of H-pyrrole nitrogens is 1. The minimum atomic E-state index is 0.788. The molecule has 4 heteroatoms. The van der Waals surface area contributed by atoms with Gasteiger partial charge in [0.2, 0.25) is 0 Å². The Morgan fingerprint density at radius 2 is 1.95 bits per heavy atom. The van der Waals surface area contributed by atoms with E-state index in [4.69, 9.17) is 0 Å². The van der Waals surface area contributed by atoms with Crippen LogP contribution in [0.5, 0.6) is 0 Å². The van der Waals surface area contributed by atoms with Crippen molar-refractivity contribution in [3.05, 3.63) is 58.5 Å². The molecular weight excluding hydrogens is 266 g/mol. The summed E-state index contributed by atoms with van der Waals surface area (Å²) in [6, 6.07) is 12.7. The number of hydrogen-bond acceptors (Lipinski definition) is 3. The lowest BCUT2D eigenvalue weighted by molar-refractivity contribution is 1.05. The van der Waals surface area contributed by atoms with E-state index in [1.807, 2.05) is 0 Å². The fourth-order valence-electron chi connectivity index (χ4n) is 2.12. The Bertz CT molecular complexity index is 681. The first-order valence-electron chi connectivity index (χ1n) is 6.62. The summed E-state index contributed by atoms with van der Waals surface area (Å²) in [4.78, 5) is 1.22. The largest absolute Gasteiger partial charge is 0.364 e. The van der Waals surface area contributed by atoms with E-state index in [2.05, 4.69) is 71.1 Å². The summed E-state index contributed by atoms with van der Waals surface area (Å²) in [5.41, 5.74) is 4.81. The number of aromatic amines is 1. The van der Waals surface area contributed by atoms with Crippen molar-refractivity contribution in [1.82, 2.24) is 10.2 Å². The highest BCUT2D eigenvalue weighted by Crippen LogP contribution is 2.29. The molecule has 3 nitrogen and oxygen atoms in total. The van der Waals surface area contributed by atoms with Crippen LogP contribution in [0.4, 0.5) is 5.82 Å². The number of benzene rings is 1. The SMILES string of the molecule is Cc1ccc(CNc2n[nH]c(-c3cccs3)c2C)cc1. The molecule has 3 rings (SSSR count). The molecule has 2 N–H and O–H groups in total. The smallest absolute Gasteiger partial charge is 0.151 e. The molecule has 0 aliphatic heterocycles. The van der Waals surface area contributed by atoms with Crippen molar-refractivity contribution < 1.29 is 0 Å². The zero-order valence-corrected chi connectivity index (χ0v) is 12.4. The Labute approximate surface area is 122 Å². The maximum Gasteiger partial charge on any atom is 0.151 e. The molecule has 0 saturated heterocycles. The highest BCUT2D eigenvalue weighted by molar-refractivity contribution is 7.13. The van der Waals surface area contributed by atoms with Gasteiger partial charge >= 0.3 is 0 Å². The normalized spacial score (nSPS) is 10.7. The summed E-state index contributed by atoms with van der Waals surface area (Å²) in [6.45, 7) is 4.98. The fourth-order valence-corrected chi connectivity index (χ4v) is 2.90. The lowest BCUT2D eigenvalue weighted by atomic mass is 10.1. The van der Waals surface area contributed by atoms with Crippen LogP contribution in [0.15, 0.2) is 41.8 Å². The average molecular weight is 283 g/mol. The van der Waals surface area contributed by atoms with Crippen molar-refractivity contribution in [2.24, 2.45) is 0 Å². The van der Waals surface area contributed by atoms with Gasteiger partial charge in [-0.1, -0.05) is 35.9 Å². The quantitative estimate of drug-likeness (QED) is 0.746. The third-order valence-electron chi connectivity index (χ3n) is 3.36. The van der Waals surface area contributed by atoms with Crippen molar-refractivity contribution in [3.8, 4) is 10.6 Å². The zero-order valence-electron chi connectivity index (χ0n) is 11.6. The van der Waals surface area contributed by atoms with E-state index in [1.165, 1.54) is 21.6 Å². The van der Waals surface area contributed by atoms with Gasteiger partial charge in [0.1, 0.15) is 0 Å². The molecule has 3 aromatic rings. The highest BCUT2D eigenvalue weighted by atomic mass is 32.1. The molecule has 0 bridgehead atoms. The summed E-state index contributed by atoms with van der Waals surface area (Å²) in [5.74, 6) is 0.925. The van der Waals surface area contributed by atoms with Crippen molar-refractivity contribution in [2.75, 3.05) is 5.32 Å². The van der Waals surface area contributed by atoms with Crippen LogP contribution in [0.2, 0.25) is 0 Å². The summed E-state index contributed by atoms with van der Waals surface area (Å²) >= 11 is 1.72. The van der Waals surface area contributed by atoms with Crippen LogP contribution in [0, 0.1) is 13.8 Å². The molecule has 0 aliphatic rings. The van der Waals surface area contributed by atoms with E-state index >= 15 is 0 Å². The number of anilines is 1. The summed E-state index contributed by atoms with van der Waals surface area (Å²) in [5, 5.41) is 13.0. The van der Waals surface area contributed by atoms with E-state index in [0.717, 1.165) is 18.1 Å². The third kappa shape index (κ3) is 2.60. The van der Waals surface area contributed by atoms with Crippen molar-refractivity contribution in [1.29, 1.82) is 0 Å². The number of nitrogens with one attached hydrogen (secondary N) is 2. The van der Waals surface area contributed by atoms with E-state index in [1.54, 1.807) is 11.3 Å².